The van der Waals surface area contributed by atoms with Crippen molar-refractivity contribution in [1.29, 1.82) is 0 Å². The maximum Gasteiger partial charge on any atom is 0.293 e. The lowest BCUT2D eigenvalue weighted by Crippen LogP contribution is -2.12. The molecule has 2 rings (SSSR count). The fourth-order valence-corrected chi connectivity index (χ4v) is 1.32. The Morgan fingerprint density at radius 2 is 2.38 bits per heavy atom. The summed E-state index contributed by atoms with van der Waals surface area (Å²) in [5.74, 6) is -0.232. The highest BCUT2D eigenvalue weighted by Gasteiger charge is 2.14. The van der Waals surface area contributed by atoms with E-state index >= 15 is 0 Å². The molecule has 16 heavy (non-hydrogen) atoms. The smallest absolute Gasteiger partial charge is 0.293 e. The van der Waals surface area contributed by atoms with E-state index in [-0.39, 0.29) is 5.76 Å². The molecule has 0 unspecified atom stereocenters. The van der Waals surface area contributed by atoms with Crippen LogP contribution in [0.4, 0.5) is 5.69 Å². The van der Waals surface area contributed by atoms with Gasteiger partial charge in [0.05, 0.1) is 22.6 Å². The molecule has 0 spiro atoms. The van der Waals surface area contributed by atoms with Crippen LogP contribution in [0, 0.1) is 6.92 Å². The SMILES string of the molecule is Cc1ncoc1C(=O)Nc1cnccc1Cl. The second-order valence-corrected chi connectivity index (χ2v) is 3.48. The van der Waals surface area contributed by atoms with Crippen LogP contribution < -0.4 is 5.32 Å². The van der Waals surface area contributed by atoms with E-state index in [0.29, 0.717) is 16.4 Å². The van der Waals surface area contributed by atoms with Crippen molar-refractivity contribution in [3.63, 3.8) is 0 Å². The molecular weight excluding hydrogens is 230 g/mol. The first-order chi connectivity index (χ1) is 7.68. The van der Waals surface area contributed by atoms with Gasteiger partial charge < -0.3 is 9.73 Å². The minimum absolute atomic E-state index is 0.167. The molecule has 0 saturated carbocycles. The summed E-state index contributed by atoms with van der Waals surface area (Å²) in [7, 11) is 0. The summed E-state index contributed by atoms with van der Waals surface area (Å²) in [6.07, 6.45) is 4.22. The molecule has 2 heterocycles. The third-order valence-electron chi connectivity index (χ3n) is 1.97. The normalized spacial score (nSPS) is 10.1. The van der Waals surface area contributed by atoms with Gasteiger partial charge in [0.25, 0.3) is 5.91 Å². The minimum Gasteiger partial charge on any atom is -0.438 e. The van der Waals surface area contributed by atoms with Crippen molar-refractivity contribution < 1.29 is 9.21 Å². The summed E-state index contributed by atoms with van der Waals surface area (Å²) in [6.45, 7) is 1.68. The van der Waals surface area contributed by atoms with Gasteiger partial charge in [0.2, 0.25) is 5.76 Å². The number of amides is 1. The number of rotatable bonds is 2. The van der Waals surface area contributed by atoms with Gasteiger partial charge in [-0.05, 0) is 13.0 Å². The Hall–Kier alpha value is -1.88. The molecule has 0 atom stereocenters. The van der Waals surface area contributed by atoms with Gasteiger partial charge in [-0.15, -0.1) is 0 Å². The number of hydrogen-bond acceptors (Lipinski definition) is 4. The third-order valence-corrected chi connectivity index (χ3v) is 2.30. The fraction of sp³-hybridized carbons (Fsp3) is 0.100. The van der Waals surface area contributed by atoms with Crippen LogP contribution in [0.5, 0.6) is 0 Å². The third kappa shape index (κ3) is 2.04. The van der Waals surface area contributed by atoms with E-state index in [9.17, 15) is 4.79 Å². The van der Waals surface area contributed by atoms with Crippen molar-refractivity contribution in [2.45, 2.75) is 6.92 Å². The summed E-state index contributed by atoms with van der Waals surface area (Å²) >= 11 is 5.87. The quantitative estimate of drug-likeness (QED) is 0.870. The molecule has 0 aromatic carbocycles. The van der Waals surface area contributed by atoms with E-state index in [2.05, 4.69) is 15.3 Å². The van der Waals surface area contributed by atoms with Gasteiger partial charge in [0.15, 0.2) is 6.39 Å². The van der Waals surface area contributed by atoms with Crippen LogP contribution in [0.3, 0.4) is 0 Å². The zero-order valence-corrected chi connectivity index (χ0v) is 9.15. The molecule has 82 valence electrons. The molecule has 0 fully saturated rings. The first-order valence-electron chi connectivity index (χ1n) is 4.49. The van der Waals surface area contributed by atoms with Crippen LogP contribution in [-0.2, 0) is 0 Å². The number of aromatic nitrogens is 2. The summed E-state index contributed by atoms with van der Waals surface area (Å²) in [4.78, 5) is 19.4. The van der Waals surface area contributed by atoms with E-state index in [1.807, 2.05) is 0 Å². The number of nitrogens with zero attached hydrogens (tertiary/aromatic N) is 2. The van der Waals surface area contributed by atoms with Crippen molar-refractivity contribution in [3.8, 4) is 0 Å². The van der Waals surface area contributed by atoms with Gasteiger partial charge >= 0.3 is 0 Å². The Bertz CT molecular complexity index is 524. The van der Waals surface area contributed by atoms with Crippen LogP contribution in [-0.4, -0.2) is 15.9 Å². The summed E-state index contributed by atoms with van der Waals surface area (Å²) in [6, 6.07) is 1.59. The number of pyridine rings is 1. The van der Waals surface area contributed by atoms with Gasteiger partial charge in [-0.25, -0.2) is 4.98 Å². The predicted molar refractivity (Wildman–Crippen MR) is 58.4 cm³/mol. The molecule has 0 bridgehead atoms. The molecular formula is C10H8ClN3O2. The second kappa shape index (κ2) is 4.32. The average molecular weight is 238 g/mol. The number of anilines is 1. The van der Waals surface area contributed by atoms with Crippen molar-refractivity contribution in [2.24, 2.45) is 0 Å². The molecule has 6 heteroatoms. The molecule has 0 radical (unpaired) electrons. The Morgan fingerprint density at radius 3 is 3.00 bits per heavy atom. The highest BCUT2D eigenvalue weighted by atomic mass is 35.5. The molecule has 2 aromatic heterocycles. The van der Waals surface area contributed by atoms with Crippen LogP contribution in [0.15, 0.2) is 29.3 Å². The highest BCUT2D eigenvalue weighted by Crippen LogP contribution is 2.20. The van der Waals surface area contributed by atoms with Crippen molar-refractivity contribution in [1.82, 2.24) is 9.97 Å². The molecule has 0 aliphatic rings. The monoisotopic (exact) mass is 237 g/mol. The van der Waals surface area contributed by atoms with Crippen LogP contribution in [0.1, 0.15) is 16.2 Å². The summed E-state index contributed by atoms with van der Waals surface area (Å²) in [5.41, 5.74) is 0.961. The largest absolute Gasteiger partial charge is 0.438 e. The van der Waals surface area contributed by atoms with Crippen molar-refractivity contribution in [3.05, 3.63) is 41.3 Å². The Labute approximate surface area is 96.5 Å². The average Bonchev–Trinajstić information content (AvgIpc) is 2.68. The molecule has 0 saturated heterocycles. The zero-order chi connectivity index (χ0) is 11.5. The van der Waals surface area contributed by atoms with Crippen LogP contribution >= 0.6 is 11.6 Å². The second-order valence-electron chi connectivity index (χ2n) is 3.08. The Balaban J connectivity index is 2.21. The lowest BCUT2D eigenvalue weighted by Gasteiger charge is -2.04. The number of carbonyl (C=O) groups is 1. The van der Waals surface area contributed by atoms with E-state index in [0.717, 1.165) is 0 Å². The number of nitrogens with one attached hydrogen (secondary N) is 1. The number of oxazole rings is 1. The maximum absolute atomic E-state index is 11.7. The van der Waals surface area contributed by atoms with Gasteiger partial charge in [0, 0.05) is 6.20 Å². The number of halogens is 1. The Kier molecular flexibility index (Phi) is 2.87. The minimum atomic E-state index is -0.398. The zero-order valence-electron chi connectivity index (χ0n) is 8.40. The van der Waals surface area contributed by atoms with E-state index in [1.54, 1.807) is 13.0 Å². The van der Waals surface area contributed by atoms with Crippen molar-refractivity contribution in [2.75, 3.05) is 5.32 Å². The molecule has 5 nitrogen and oxygen atoms in total. The number of hydrogen-bond donors (Lipinski definition) is 1. The van der Waals surface area contributed by atoms with Gasteiger partial charge in [-0.2, -0.15) is 0 Å². The molecule has 2 aromatic rings. The first kappa shape index (κ1) is 10.6. The summed E-state index contributed by atoms with van der Waals surface area (Å²) in [5, 5.41) is 3.00. The molecule has 0 aliphatic heterocycles. The fourth-order valence-electron chi connectivity index (χ4n) is 1.17. The lowest BCUT2D eigenvalue weighted by atomic mass is 10.3. The summed E-state index contributed by atoms with van der Waals surface area (Å²) < 4.78 is 4.95. The Morgan fingerprint density at radius 1 is 1.56 bits per heavy atom. The lowest BCUT2D eigenvalue weighted by molar-refractivity contribution is 0.0996. The molecule has 1 amide bonds. The van der Waals surface area contributed by atoms with E-state index < -0.39 is 5.91 Å². The van der Waals surface area contributed by atoms with E-state index in [4.69, 9.17) is 16.0 Å². The molecule has 0 aliphatic carbocycles. The van der Waals surface area contributed by atoms with Crippen molar-refractivity contribution >= 4 is 23.2 Å². The van der Waals surface area contributed by atoms with Gasteiger partial charge in [-0.1, -0.05) is 11.6 Å². The standard InChI is InChI=1S/C10H8ClN3O2/c1-6-9(16-5-13-6)10(15)14-8-4-12-3-2-7(8)11/h2-5H,1H3,(H,14,15). The topological polar surface area (TPSA) is 68.0 Å². The van der Waals surface area contributed by atoms with Crippen LogP contribution in [0.25, 0.3) is 0 Å². The van der Waals surface area contributed by atoms with Crippen LogP contribution in [0.2, 0.25) is 5.02 Å². The molecule has 1 N–H and O–H groups in total. The van der Waals surface area contributed by atoms with E-state index in [1.165, 1.54) is 18.8 Å². The number of aryl methyl sites for hydroxylation is 1. The first-order valence-corrected chi connectivity index (χ1v) is 4.87. The van der Waals surface area contributed by atoms with Gasteiger partial charge in [-0.3, -0.25) is 9.78 Å². The predicted octanol–water partition coefficient (Wildman–Crippen LogP) is 2.28. The van der Waals surface area contributed by atoms with Gasteiger partial charge in [0.1, 0.15) is 0 Å². The maximum atomic E-state index is 11.7. The number of carbonyl (C=O) groups excluding carboxylic acids is 1. The highest BCUT2D eigenvalue weighted by molar-refractivity contribution is 6.33.